The summed E-state index contributed by atoms with van der Waals surface area (Å²) in [5.74, 6) is 0.482. The Kier molecular flexibility index (Phi) is 7.09. The van der Waals surface area contributed by atoms with Crippen molar-refractivity contribution in [3.05, 3.63) is 74.5 Å². The van der Waals surface area contributed by atoms with Gasteiger partial charge < -0.3 is 20.5 Å². The molecule has 2 amide bonds. The molecule has 3 atom stereocenters. The highest BCUT2D eigenvalue weighted by molar-refractivity contribution is 7.13. The number of aromatic nitrogens is 4. The number of pyridine rings is 1. The smallest absolute Gasteiger partial charge is 0.280 e. The summed E-state index contributed by atoms with van der Waals surface area (Å²) in [6.45, 7) is 3.72. The second kappa shape index (κ2) is 10.7. The number of likely N-dealkylation sites (N-methyl/N-ethyl adjacent to an activating group) is 1. The lowest BCUT2D eigenvalue weighted by molar-refractivity contribution is 0.0853. The normalized spacial score (nSPS) is 21.5. The number of rotatable bonds is 5. The van der Waals surface area contributed by atoms with Gasteiger partial charge in [-0.3, -0.25) is 9.59 Å². The van der Waals surface area contributed by atoms with Gasteiger partial charge in [0.05, 0.1) is 16.8 Å². The first kappa shape index (κ1) is 25.9. The lowest BCUT2D eigenvalue weighted by atomic mass is 9.81. The summed E-state index contributed by atoms with van der Waals surface area (Å²) >= 11 is 8.06. The minimum absolute atomic E-state index is 0.137. The summed E-state index contributed by atoms with van der Waals surface area (Å²) in [5, 5.41) is 8.76. The van der Waals surface area contributed by atoms with Crippen LogP contribution < -0.4 is 10.6 Å². The van der Waals surface area contributed by atoms with E-state index in [2.05, 4.69) is 42.5 Å². The first-order chi connectivity index (χ1) is 18.9. The third kappa shape index (κ3) is 5.28. The van der Waals surface area contributed by atoms with E-state index in [-0.39, 0.29) is 35.5 Å². The van der Waals surface area contributed by atoms with E-state index in [1.165, 1.54) is 11.3 Å². The molecule has 1 aromatic carbocycles. The fourth-order valence-corrected chi connectivity index (χ4v) is 6.96. The van der Waals surface area contributed by atoms with Crippen LogP contribution in [0.15, 0.2) is 36.7 Å². The molecule has 9 nitrogen and oxygen atoms in total. The highest BCUT2D eigenvalue weighted by Crippen LogP contribution is 2.33. The highest BCUT2D eigenvalue weighted by atomic mass is 35.5. The molecule has 0 bridgehead atoms. The first-order valence-electron chi connectivity index (χ1n) is 13.2. The van der Waals surface area contributed by atoms with Crippen molar-refractivity contribution in [3.63, 3.8) is 0 Å². The Morgan fingerprint density at radius 3 is 2.74 bits per heavy atom. The van der Waals surface area contributed by atoms with Gasteiger partial charge in [0.1, 0.15) is 11.5 Å². The summed E-state index contributed by atoms with van der Waals surface area (Å²) in [4.78, 5) is 47.1. The second-order valence-electron chi connectivity index (χ2n) is 10.5. The van der Waals surface area contributed by atoms with Crippen molar-refractivity contribution in [2.45, 2.75) is 57.2 Å². The van der Waals surface area contributed by atoms with Gasteiger partial charge in [-0.25, -0.2) is 15.0 Å². The number of aromatic amines is 1. The van der Waals surface area contributed by atoms with E-state index in [9.17, 15) is 9.59 Å². The molecule has 0 saturated heterocycles. The molecule has 1 aliphatic carbocycles. The van der Waals surface area contributed by atoms with Crippen LogP contribution in [-0.2, 0) is 13.0 Å². The second-order valence-corrected chi connectivity index (χ2v) is 12.0. The Morgan fingerprint density at radius 1 is 1.10 bits per heavy atom. The fraction of sp³-hybridized carbons (Fsp3) is 0.393. The summed E-state index contributed by atoms with van der Waals surface area (Å²) in [6.07, 6.45) is 6.45. The van der Waals surface area contributed by atoms with Gasteiger partial charge in [-0.15, -0.1) is 11.3 Å². The van der Waals surface area contributed by atoms with E-state index in [1.54, 1.807) is 6.20 Å². The van der Waals surface area contributed by atoms with E-state index in [1.807, 2.05) is 37.4 Å². The SMILES string of the molecule is Cc1cnc([C@H]2CC[C@H](NC(=O)c3ncc4ccccc4c3Cl)[C@H](NC(=O)c3nc4c(s3)CN(C)CC4)C2)[nH]1. The topological polar surface area (TPSA) is 116 Å². The standard InChI is InChI=1S/C28H30ClN7O2S/c1-15-12-31-25(32-15)16-7-8-19(33-26(37)24-23(29)18-6-4-3-5-17(18)13-30-24)21(11-16)34-27(38)28-35-20-9-10-36(2)14-22(20)39-28/h3-6,12-13,16,19,21H,7-11,14H2,1-2H3,(H,31,32)(H,33,37)(H,34,38)/t16-,19-,21+/m0/s1. The maximum atomic E-state index is 13.4. The van der Waals surface area contributed by atoms with Crippen molar-refractivity contribution in [3.8, 4) is 0 Å². The molecule has 0 radical (unpaired) electrons. The molecule has 0 spiro atoms. The Bertz CT molecular complexity index is 1550. The van der Waals surface area contributed by atoms with Gasteiger partial charge in [-0.1, -0.05) is 35.9 Å². The molecule has 3 aromatic heterocycles. The third-order valence-corrected chi connectivity index (χ3v) is 9.13. The minimum Gasteiger partial charge on any atom is -0.346 e. The molecule has 4 aromatic rings. The number of fused-ring (bicyclic) bond motifs is 2. The zero-order valence-corrected chi connectivity index (χ0v) is 23.4. The van der Waals surface area contributed by atoms with E-state index in [4.69, 9.17) is 11.6 Å². The number of nitrogens with zero attached hydrogens (tertiary/aromatic N) is 4. The number of carbonyl (C=O) groups is 2. The molecular weight excluding hydrogens is 534 g/mol. The quantitative estimate of drug-likeness (QED) is 0.335. The van der Waals surface area contributed by atoms with Gasteiger partial charge in [-0.2, -0.15) is 0 Å². The predicted octanol–water partition coefficient (Wildman–Crippen LogP) is 4.23. The van der Waals surface area contributed by atoms with Crippen LogP contribution in [0.4, 0.5) is 0 Å². The molecule has 202 valence electrons. The van der Waals surface area contributed by atoms with Crippen LogP contribution in [0.25, 0.3) is 10.8 Å². The average Bonchev–Trinajstić information content (AvgIpc) is 3.56. The molecular formula is C28H30ClN7O2S. The average molecular weight is 564 g/mol. The van der Waals surface area contributed by atoms with Crippen LogP contribution in [-0.4, -0.2) is 62.3 Å². The maximum absolute atomic E-state index is 13.4. The Balaban J connectivity index is 1.23. The zero-order valence-electron chi connectivity index (χ0n) is 21.8. The number of aryl methyl sites for hydroxylation is 1. The molecule has 39 heavy (non-hydrogen) atoms. The van der Waals surface area contributed by atoms with Gasteiger partial charge in [0.15, 0.2) is 5.01 Å². The molecule has 2 aliphatic rings. The van der Waals surface area contributed by atoms with Crippen molar-refractivity contribution in [1.29, 1.82) is 0 Å². The number of hydrogen-bond acceptors (Lipinski definition) is 7. The molecule has 6 rings (SSSR count). The Morgan fingerprint density at radius 2 is 1.92 bits per heavy atom. The lowest BCUT2D eigenvalue weighted by Crippen LogP contribution is -2.54. The van der Waals surface area contributed by atoms with E-state index in [0.717, 1.165) is 58.8 Å². The molecule has 1 aliphatic heterocycles. The van der Waals surface area contributed by atoms with Gasteiger partial charge in [0.25, 0.3) is 11.8 Å². The molecule has 11 heteroatoms. The van der Waals surface area contributed by atoms with Gasteiger partial charge in [-0.05, 0) is 33.2 Å². The van der Waals surface area contributed by atoms with Crippen LogP contribution in [0.5, 0.6) is 0 Å². The molecule has 1 fully saturated rings. The minimum atomic E-state index is -0.352. The fourth-order valence-electron chi connectivity index (χ4n) is 5.56. The number of halogens is 1. The van der Waals surface area contributed by atoms with E-state index in [0.29, 0.717) is 22.9 Å². The number of carbonyl (C=O) groups excluding carboxylic acids is 2. The third-order valence-electron chi connectivity index (χ3n) is 7.66. The predicted molar refractivity (Wildman–Crippen MR) is 151 cm³/mol. The number of H-pyrrole nitrogens is 1. The zero-order chi connectivity index (χ0) is 27.1. The summed E-state index contributed by atoms with van der Waals surface area (Å²) in [7, 11) is 2.07. The van der Waals surface area contributed by atoms with Gasteiger partial charge in [0, 0.05) is 65.2 Å². The van der Waals surface area contributed by atoms with Crippen molar-refractivity contribution in [2.75, 3.05) is 13.6 Å². The summed E-state index contributed by atoms with van der Waals surface area (Å²) in [5.41, 5.74) is 2.19. The van der Waals surface area contributed by atoms with Crippen LogP contribution in [0.1, 0.15) is 67.6 Å². The van der Waals surface area contributed by atoms with Crippen molar-refractivity contribution in [1.82, 2.24) is 35.5 Å². The van der Waals surface area contributed by atoms with E-state index < -0.39 is 0 Å². The monoisotopic (exact) mass is 563 g/mol. The van der Waals surface area contributed by atoms with Crippen LogP contribution in [0.3, 0.4) is 0 Å². The summed E-state index contributed by atoms with van der Waals surface area (Å²) in [6, 6.07) is 6.97. The number of amides is 2. The van der Waals surface area contributed by atoms with Crippen LogP contribution >= 0.6 is 22.9 Å². The molecule has 3 N–H and O–H groups in total. The van der Waals surface area contributed by atoms with Crippen LogP contribution in [0.2, 0.25) is 5.02 Å². The summed E-state index contributed by atoms with van der Waals surface area (Å²) < 4.78 is 0. The Labute approximate surface area is 235 Å². The van der Waals surface area contributed by atoms with Crippen molar-refractivity contribution < 1.29 is 9.59 Å². The Hall–Kier alpha value is -3.34. The number of nitrogens with one attached hydrogen (secondary N) is 3. The lowest BCUT2D eigenvalue weighted by Gasteiger charge is -2.36. The molecule has 0 unspecified atom stereocenters. The first-order valence-corrected chi connectivity index (χ1v) is 14.4. The number of imidazole rings is 1. The van der Waals surface area contributed by atoms with Crippen LogP contribution in [0, 0.1) is 6.92 Å². The van der Waals surface area contributed by atoms with Crippen molar-refractivity contribution in [2.24, 2.45) is 0 Å². The number of hydrogen-bond donors (Lipinski definition) is 3. The van der Waals surface area contributed by atoms with Gasteiger partial charge >= 0.3 is 0 Å². The molecule has 4 heterocycles. The van der Waals surface area contributed by atoms with Gasteiger partial charge in [0.2, 0.25) is 0 Å². The largest absolute Gasteiger partial charge is 0.346 e. The van der Waals surface area contributed by atoms with Crippen molar-refractivity contribution >= 4 is 45.5 Å². The molecule has 1 saturated carbocycles. The maximum Gasteiger partial charge on any atom is 0.280 e. The number of thiazole rings is 1. The van der Waals surface area contributed by atoms with E-state index >= 15 is 0 Å². The number of benzene rings is 1. The highest BCUT2D eigenvalue weighted by Gasteiger charge is 2.36.